The van der Waals surface area contributed by atoms with Crippen molar-refractivity contribution in [2.75, 3.05) is 18.4 Å². The summed E-state index contributed by atoms with van der Waals surface area (Å²) >= 11 is 0. The summed E-state index contributed by atoms with van der Waals surface area (Å²) < 4.78 is 29.3. The molecule has 3 amide bonds. The number of hydrogen-bond donors (Lipinski definition) is 1. The van der Waals surface area contributed by atoms with Gasteiger partial charge < -0.3 is 5.32 Å². The first-order valence-corrected chi connectivity index (χ1v) is 13.3. The molecule has 6 rings (SSSR count). The van der Waals surface area contributed by atoms with Crippen molar-refractivity contribution in [3.05, 3.63) is 94.5 Å². The highest BCUT2D eigenvalue weighted by molar-refractivity contribution is 7.89. The Morgan fingerprint density at radius 3 is 2.25 bits per heavy atom. The molecule has 0 saturated carbocycles. The summed E-state index contributed by atoms with van der Waals surface area (Å²) in [6.07, 6.45) is 1.29. The molecule has 9 heteroatoms. The van der Waals surface area contributed by atoms with Gasteiger partial charge in [0, 0.05) is 18.7 Å². The molecule has 182 valence electrons. The minimum atomic E-state index is -3.97. The molecule has 0 fully saturated rings. The van der Waals surface area contributed by atoms with Crippen LogP contribution in [-0.2, 0) is 27.7 Å². The fourth-order valence-electron chi connectivity index (χ4n) is 5.34. The fourth-order valence-corrected chi connectivity index (χ4v) is 6.99. The maximum absolute atomic E-state index is 14.0. The molecule has 1 N–H and O–H groups in total. The first kappa shape index (κ1) is 22.6. The van der Waals surface area contributed by atoms with Gasteiger partial charge in [-0.15, -0.1) is 0 Å². The molecule has 0 aromatic heterocycles. The third kappa shape index (κ3) is 3.54. The SMILES string of the molecule is O=C1CCc2cc(S(=O)(=O)N3CCc4ccccc4C3CN3C(=O)c4ccccc4C3=O)ccc2N1. The first-order valence-electron chi connectivity index (χ1n) is 11.8. The number of sulfonamides is 1. The van der Waals surface area contributed by atoms with Crippen LogP contribution in [0.2, 0.25) is 0 Å². The minimum absolute atomic E-state index is 0.0798. The predicted octanol–water partition coefficient (Wildman–Crippen LogP) is 3.16. The number of rotatable bonds is 4. The van der Waals surface area contributed by atoms with Gasteiger partial charge >= 0.3 is 0 Å². The number of nitrogens with zero attached hydrogens (tertiary/aromatic N) is 2. The Hall–Kier alpha value is -3.82. The predicted molar refractivity (Wildman–Crippen MR) is 132 cm³/mol. The molecule has 3 aliphatic heterocycles. The van der Waals surface area contributed by atoms with Crippen LogP contribution in [0.4, 0.5) is 5.69 Å². The van der Waals surface area contributed by atoms with Crippen LogP contribution in [-0.4, -0.2) is 48.4 Å². The zero-order valence-corrected chi connectivity index (χ0v) is 20.1. The van der Waals surface area contributed by atoms with E-state index in [1.54, 1.807) is 36.4 Å². The topological polar surface area (TPSA) is 104 Å². The molecule has 3 aromatic rings. The van der Waals surface area contributed by atoms with Crippen molar-refractivity contribution in [1.29, 1.82) is 0 Å². The standard InChI is InChI=1S/C27H23N3O5S/c31-25-12-9-18-15-19(10-11-23(18)28-25)36(34,35)30-14-13-17-5-1-2-6-20(17)24(30)16-29-26(32)21-7-3-4-8-22(21)27(29)33/h1-8,10-11,15,24H,9,12-14,16H2,(H,28,31). The molecular formula is C27H23N3O5S. The van der Waals surface area contributed by atoms with Crippen LogP contribution < -0.4 is 5.32 Å². The van der Waals surface area contributed by atoms with Gasteiger partial charge in [0.05, 0.1) is 28.6 Å². The van der Waals surface area contributed by atoms with Crippen LogP contribution in [0.15, 0.2) is 71.6 Å². The highest BCUT2D eigenvalue weighted by Gasteiger charge is 2.42. The summed E-state index contributed by atoms with van der Waals surface area (Å²) in [6.45, 7) is 0.143. The molecule has 8 nitrogen and oxygen atoms in total. The van der Waals surface area contributed by atoms with Crippen LogP contribution in [0.1, 0.15) is 49.9 Å². The van der Waals surface area contributed by atoms with Gasteiger partial charge in [-0.25, -0.2) is 8.42 Å². The molecule has 3 aliphatic rings. The van der Waals surface area contributed by atoms with E-state index in [1.807, 2.05) is 24.3 Å². The number of anilines is 1. The lowest BCUT2D eigenvalue weighted by atomic mass is 9.94. The van der Waals surface area contributed by atoms with E-state index in [-0.39, 0.29) is 23.9 Å². The van der Waals surface area contributed by atoms with Gasteiger partial charge in [0.25, 0.3) is 11.8 Å². The van der Waals surface area contributed by atoms with E-state index in [0.29, 0.717) is 36.1 Å². The Balaban J connectivity index is 1.39. The number of carbonyl (C=O) groups excluding carboxylic acids is 3. The van der Waals surface area contributed by atoms with Gasteiger partial charge in [-0.05, 0) is 59.9 Å². The average molecular weight is 502 g/mol. The van der Waals surface area contributed by atoms with E-state index in [2.05, 4.69) is 5.32 Å². The molecule has 0 aliphatic carbocycles. The third-order valence-corrected chi connectivity index (χ3v) is 9.08. The number of fused-ring (bicyclic) bond motifs is 3. The van der Waals surface area contributed by atoms with Gasteiger partial charge in [-0.1, -0.05) is 36.4 Å². The van der Waals surface area contributed by atoms with Crippen molar-refractivity contribution >= 4 is 33.4 Å². The molecule has 36 heavy (non-hydrogen) atoms. The summed E-state index contributed by atoms with van der Waals surface area (Å²) in [4.78, 5) is 39.2. The molecule has 1 unspecified atom stereocenters. The van der Waals surface area contributed by atoms with Crippen molar-refractivity contribution in [2.45, 2.75) is 30.2 Å². The number of nitrogens with one attached hydrogen (secondary N) is 1. The molecule has 1 atom stereocenters. The van der Waals surface area contributed by atoms with E-state index in [1.165, 1.54) is 10.4 Å². The van der Waals surface area contributed by atoms with E-state index >= 15 is 0 Å². The Bertz CT molecular complexity index is 1510. The second-order valence-electron chi connectivity index (χ2n) is 9.21. The van der Waals surface area contributed by atoms with Crippen LogP contribution >= 0.6 is 0 Å². The van der Waals surface area contributed by atoms with E-state index < -0.39 is 27.9 Å². The number of carbonyl (C=O) groups is 3. The number of amides is 3. The van der Waals surface area contributed by atoms with Crippen LogP contribution in [0.5, 0.6) is 0 Å². The van der Waals surface area contributed by atoms with Gasteiger partial charge in [-0.2, -0.15) is 4.31 Å². The molecule has 3 heterocycles. The molecule has 3 aromatic carbocycles. The van der Waals surface area contributed by atoms with Crippen molar-refractivity contribution in [1.82, 2.24) is 9.21 Å². The van der Waals surface area contributed by atoms with Gasteiger partial charge in [-0.3, -0.25) is 19.3 Å². The van der Waals surface area contributed by atoms with Gasteiger partial charge in [0.15, 0.2) is 0 Å². The highest BCUT2D eigenvalue weighted by atomic mass is 32.2. The van der Waals surface area contributed by atoms with Crippen LogP contribution in [0, 0.1) is 0 Å². The van der Waals surface area contributed by atoms with E-state index in [9.17, 15) is 22.8 Å². The van der Waals surface area contributed by atoms with Crippen molar-refractivity contribution in [2.24, 2.45) is 0 Å². The Morgan fingerprint density at radius 2 is 1.50 bits per heavy atom. The Kier molecular flexibility index (Phi) is 5.27. The number of imide groups is 1. The number of aryl methyl sites for hydroxylation is 1. The summed E-state index contributed by atoms with van der Waals surface area (Å²) in [5, 5.41) is 2.78. The Morgan fingerprint density at radius 1 is 0.806 bits per heavy atom. The lowest BCUT2D eigenvalue weighted by Crippen LogP contribution is -2.46. The summed E-state index contributed by atoms with van der Waals surface area (Å²) in [6, 6.07) is 18.2. The lowest BCUT2D eigenvalue weighted by Gasteiger charge is -2.38. The number of benzene rings is 3. The van der Waals surface area contributed by atoms with E-state index in [0.717, 1.165) is 21.6 Å². The maximum Gasteiger partial charge on any atom is 0.261 e. The van der Waals surface area contributed by atoms with Gasteiger partial charge in [0.2, 0.25) is 15.9 Å². The first-order chi connectivity index (χ1) is 17.3. The average Bonchev–Trinajstić information content (AvgIpc) is 3.13. The molecule has 0 spiro atoms. The van der Waals surface area contributed by atoms with Crippen LogP contribution in [0.25, 0.3) is 0 Å². The molecule has 0 bridgehead atoms. The Labute approximate surface area is 208 Å². The second kappa shape index (κ2) is 8.39. The van der Waals surface area contributed by atoms with Crippen molar-refractivity contribution in [3.8, 4) is 0 Å². The zero-order valence-electron chi connectivity index (χ0n) is 19.3. The molecular weight excluding hydrogens is 478 g/mol. The zero-order chi connectivity index (χ0) is 25.0. The normalized spacial score (nSPS) is 19.5. The largest absolute Gasteiger partial charge is 0.326 e. The highest BCUT2D eigenvalue weighted by Crippen LogP contribution is 2.37. The molecule has 0 saturated heterocycles. The summed E-state index contributed by atoms with van der Waals surface area (Å²) in [5.41, 5.74) is 3.84. The lowest BCUT2D eigenvalue weighted by molar-refractivity contribution is -0.116. The molecule has 0 radical (unpaired) electrons. The number of hydrogen-bond acceptors (Lipinski definition) is 5. The van der Waals surface area contributed by atoms with E-state index in [4.69, 9.17) is 0 Å². The monoisotopic (exact) mass is 501 g/mol. The van der Waals surface area contributed by atoms with Gasteiger partial charge in [0.1, 0.15) is 0 Å². The summed E-state index contributed by atoms with van der Waals surface area (Å²) in [7, 11) is -3.97. The van der Waals surface area contributed by atoms with Crippen LogP contribution in [0.3, 0.4) is 0 Å². The third-order valence-electron chi connectivity index (χ3n) is 7.18. The fraction of sp³-hybridized carbons (Fsp3) is 0.222. The van der Waals surface area contributed by atoms with Crippen molar-refractivity contribution in [3.63, 3.8) is 0 Å². The second-order valence-corrected chi connectivity index (χ2v) is 11.1. The smallest absolute Gasteiger partial charge is 0.261 e. The summed E-state index contributed by atoms with van der Waals surface area (Å²) in [5.74, 6) is -0.923. The maximum atomic E-state index is 14.0. The minimum Gasteiger partial charge on any atom is -0.326 e. The quantitative estimate of drug-likeness (QED) is 0.553. The van der Waals surface area contributed by atoms with Crippen molar-refractivity contribution < 1.29 is 22.8 Å².